The minimum Gasteiger partial charge on any atom is -0.466 e. The molecule has 2 saturated carbocycles. The molecule has 126 valence electrons. The number of piperidine rings is 1. The zero-order valence-corrected chi connectivity index (χ0v) is 13.4. The smallest absolute Gasteiger partial charge is 0.310 e. The van der Waals surface area contributed by atoms with Crippen LogP contribution in [0.1, 0.15) is 32.6 Å². The van der Waals surface area contributed by atoms with Gasteiger partial charge in [-0.15, -0.1) is 0 Å². The SMILES string of the molecule is CCOC(=O)C1CCN(C(=O)[C@H]2[C@@H]3C[C@@H]4[C@H]2C(=O)O[C@@H]4C3)CC1. The molecule has 5 atom stereocenters. The summed E-state index contributed by atoms with van der Waals surface area (Å²) in [5, 5.41) is 0. The van der Waals surface area contributed by atoms with Gasteiger partial charge in [-0.3, -0.25) is 14.4 Å². The van der Waals surface area contributed by atoms with Crippen LogP contribution in [0, 0.1) is 29.6 Å². The molecule has 1 amide bonds. The maximum atomic E-state index is 12.9. The van der Waals surface area contributed by atoms with Crippen LogP contribution in [0.25, 0.3) is 0 Å². The summed E-state index contributed by atoms with van der Waals surface area (Å²) < 4.78 is 10.5. The molecular formula is C17H23NO5. The van der Waals surface area contributed by atoms with E-state index in [0.29, 0.717) is 38.5 Å². The third-order valence-electron chi connectivity index (χ3n) is 6.19. The highest BCUT2D eigenvalue weighted by Crippen LogP contribution is 2.58. The maximum absolute atomic E-state index is 12.9. The second-order valence-electron chi connectivity index (χ2n) is 7.27. The summed E-state index contributed by atoms with van der Waals surface area (Å²) in [6.45, 7) is 3.37. The summed E-state index contributed by atoms with van der Waals surface area (Å²) >= 11 is 0. The second kappa shape index (κ2) is 5.49. The van der Waals surface area contributed by atoms with Gasteiger partial charge in [-0.2, -0.15) is 0 Å². The number of likely N-dealkylation sites (tertiary alicyclic amines) is 1. The number of amides is 1. The first-order chi connectivity index (χ1) is 11.1. The zero-order valence-electron chi connectivity index (χ0n) is 13.4. The maximum Gasteiger partial charge on any atom is 0.310 e. The van der Waals surface area contributed by atoms with Gasteiger partial charge in [-0.25, -0.2) is 0 Å². The number of carbonyl (C=O) groups is 3. The first kappa shape index (κ1) is 15.0. The number of hydrogen-bond donors (Lipinski definition) is 0. The summed E-state index contributed by atoms with van der Waals surface area (Å²) in [7, 11) is 0. The Morgan fingerprint density at radius 3 is 2.70 bits per heavy atom. The lowest BCUT2D eigenvalue weighted by Crippen LogP contribution is -2.47. The van der Waals surface area contributed by atoms with Crippen LogP contribution in [-0.2, 0) is 23.9 Å². The Bertz CT molecular complexity index is 537. The topological polar surface area (TPSA) is 72.9 Å². The first-order valence-corrected chi connectivity index (χ1v) is 8.76. The number of nitrogens with zero attached hydrogens (tertiary/aromatic N) is 1. The van der Waals surface area contributed by atoms with E-state index in [1.807, 2.05) is 4.90 Å². The van der Waals surface area contributed by atoms with Crippen molar-refractivity contribution < 1.29 is 23.9 Å². The highest BCUT2D eigenvalue weighted by molar-refractivity contribution is 5.88. The molecule has 2 aliphatic carbocycles. The van der Waals surface area contributed by atoms with Crippen molar-refractivity contribution in [2.24, 2.45) is 29.6 Å². The minimum absolute atomic E-state index is 0.0658. The van der Waals surface area contributed by atoms with Crippen LogP contribution in [0.5, 0.6) is 0 Å². The van der Waals surface area contributed by atoms with E-state index in [1.54, 1.807) is 6.92 Å². The van der Waals surface area contributed by atoms with E-state index in [9.17, 15) is 14.4 Å². The molecule has 6 heteroatoms. The lowest BCUT2D eigenvalue weighted by molar-refractivity contribution is -0.153. The molecule has 4 fully saturated rings. The lowest BCUT2D eigenvalue weighted by atomic mass is 9.79. The monoisotopic (exact) mass is 321 g/mol. The normalized spacial score (nSPS) is 38.7. The number of hydrogen-bond acceptors (Lipinski definition) is 5. The zero-order chi connectivity index (χ0) is 16.1. The summed E-state index contributed by atoms with van der Waals surface area (Å²) in [6.07, 6.45) is 3.18. The van der Waals surface area contributed by atoms with Crippen molar-refractivity contribution in [1.82, 2.24) is 4.90 Å². The summed E-state index contributed by atoms with van der Waals surface area (Å²) in [4.78, 5) is 38.6. The standard InChI is InChI=1S/C17H23NO5/c1-2-22-16(20)9-3-5-18(6-4-9)15(19)13-10-7-11-12(8-10)23-17(21)14(11)13/h9-14H,2-8H2,1H3/t10-,11+,12-,13+,14-/m1/s1. The van der Waals surface area contributed by atoms with E-state index in [2.05, 4.69) is 0 Å². The molecule has 0 aromatic carbocycles. The van der Waals surface area contributed by atoms with Crippen LogP contribution < -0.4 is 0 Å². The molecule has 0 N–H and O–H groups in total. The van der Waals surface area contributed by atoms with Crippen molar-refractivity contribution in [3.63, 3.8) is 0 Å². The van der Waals surface area contributed by atoms with Gasteiger partial charge in [0.05, 0.1) is 24.4 Å². The first-order valence-electron chi connectivity index (χ1n) is 8.76. The fourth-order valence-corrected chi connectivity index (χ4v) is 5.15. The van der Waals surface area contributed by atoms with Crippen molar-refractivity contribution in [2.45, 2.75) is 38.7 Å². The van der Waals surface area contributed by atoms with Crippen molar-refractivity contribution >= 4 is 17.8 Å². The Morgan fingerprint density at radius 1 is 1.26 bits per heavy atom. The number of esters is 2. The average Bonchev–Trinajstić information content (AvgIpc) is 3.16. The van der Waals surface area contributed by atoms with Gasteiger partial charge in [0.25, 0.3) is 0 Å². The summed E-state index contributed by atoms with van der Waals surface area (Å²) in [5.74, 6) is -0.155. The van der Waals surface area contributed by atoms with Gasteiger partial charge in [-0.05, 0) is 38.5 Å². The molecule has 0 unspecified atom stereocenters. The molecule has 2 saturated heterocycles. The fraction of sp³-hybridized carbons (Fsp3) is 0.824. The number of rotatable bonds is 3. The van der Waals surface area contributed by atoms with Crippen LogP contribution in [0.15, 0.2) is 0 Å². The highest BCUT2D eigenvalue weighted by atomic mass is 16.6. The number of ether oxygens (including phenoxy) is 2. The Balaban J connectivity index is 1.39. The molecule has 4 rings (SSSR count). The summed E-state index contributed by atoms with van der Waals surface area (Å²) in [6, 6.07) is 0. The Morgan fingerprint density at radius 2 is 2.00 bits per heavy atom. The van der Waals surface area contributed by atoms with Gasteiger partial charge in [0.2, 0.25) is 5.91 Å². The Labute approximate surface area is 135 Å². The van der Waals surface area contributed by atoms with Gasteiger partial charge >= 0.3 is 11.9 Å². The van der Waals surface area contributed by atoms with Crippen LogP contribution in [-0.4, -0.2) is 48.5 Å². The second-order valence-corrected chi connectivity index (χ2v) is 7.27. The molecule has 6 nitrogen and oxygen atoms in total. The van der Waals surface area contributed by atoms with Crippen LogP contribution in [0.2, 0.25) is 0 Å². The predicted molar refractivity (Wildman–Crippen MR) is 79.0 cm³/mol. The van der Waals surface area contributed by atoms with Gasteiger partial charge in [0.1, 0.15) is 6.10 Å². The molecule has 0 radical (unpaired) electrons. The Hall–Kier alpha value is -1.59. The average molecular weight is 321 g/mol. The molecule has 23 heavy (non-hydrogen) atoms. The lowest BCUT2D eigenvalue weighted by Gasteiger charge is -2.35. The van der Waals surface area contributed by atoms with Gasteiger partial charge in [0.15, 0.2) is 0 Å². The molecule has 0 spiro atoms. The van der Waals surface area contributed by atoms with E-state index in [4.69, 9.17) is 9.47 Å². The van der Waals surface area contributed by atoms with E-state index < -0.39 is 0 Å². The van der Waals surface area contributed by atoms with E-state index in [-0.39, 0.29) is 47.6 Å². The quantitative estimate of drug-likeness (QED) is 0.725. The predicted octanol–water partition coefficient (Wildman–Crippen LogP) is 0.986. The summed E-state index contributed by atoms with van der Waals surface area (Å²) in [5.41, 5.74) is 0. The van der Waals surface area contributed by atoms with Gasteiger partial charge in [-0.1, -0.05) is 0 Å². The number of carbonyl (C=O) groups excluding carboxylic acids is 3. The third kappa shape index (κ3) is 2.25. The molecule has 0 aromatic heterocycles. The fourth-order valence-electron chi connectivity index (χ4n) is 5.15. The van der Waals surface area contributed by atoms with Crippen molar-refractivity contribution in [2.75, 3.05) is 19.7 Å². The molecule has 0 aromatic rings. The van der Waals surface area contributed by atoms with Crippen LogP contribution >= 0.6 is 0 Å². The molecule has 2 aliphatic heterocycles. The number of fused-ring (bicyclic) bond motifs is 1. The third-order valence-corrected chi connectivity index (χ3v) is 6.19. The largest absolute Gasteiger partial charge is 0.466 e. The molecular weight excluding hydrogens is 298 g/mol. The van der Waals surface area contributed by atoms with Crippen molar-refractivity contribution in [1.29, 1.82) is 0 Å². The van der Waals surface area contributed by atoms with E-state index in [0.717, 1.165) is 12.8 Å². The van der Waals surface area contributed by atoms with Gasteiger partial charge < -0.3 is 14.4 Å². The van der Waals surface area contributed by atoms with Crippen LogP contribution in [0.3, 0.4) is 0 Å². The van der Waals surface area contributed by atoms with Gasteiger partial charge in [0, 0.05) is 19.0 Å². The minimum atomic E-state index is -0.214. The molecule has 2 bridgehead atoms. The Kier molecular flexibility index (Phi) is 3.58. The highest BCUT2D eigenvalue weighted by Gasteiger charge is 2.64. The van der Waals surface area contributed by atoms with Crippen LogP contribution in [0.4, 0.5) is 0 Å². The van der Waals surface area contributed by atoms with Crippen molar-refractivity contribution in [3.8, 4) is 0 Å². The molecule has 4 aliphatic rings. The van der Waals surface area contributed by atoms with E-state index in [1.165, 1.54) is 0 Å². The van der Waals surface area contributed by atoms with Crippen molar-refractivity contribution in [3.05, 3.63) is 0 Å². The van der Waals surface area contributed by atoms with E-state index >= 15 is 0 Å². The molecule has 2 heterocycles.